The number of sulfonamides is 1. The van der Waals surface area contributed by atoms with Crippen molar-refractivity contribution in [3.63, 3.8) is 0 Å². The Labute approximate surface area is 122 Å². The number of hydrogen-bond donors (Lipinski definition) is 0. The molecule has 0 saturated heterocycles. The van der Waals surface area contributed by atoms with E-state index in [1.807, 2.05) is 31.2 Å². The number of fused-ring (bicyclic) bond motifs is 1. The minimum Gasteiger partial charge on any atom is -0.264 e. The second kappa shape index (κ2) is 5.10. The Morgan fingerprint density at radius 3 is 2.80 bits per heavy atom. The van der Waals surface area contributed by atoms with Gasteiger partial charge in [-0.3, -0.25) is 9.29 Å². The molecule has 2 heterocycles. The van der Waals surface area contributed by atoms with Crippen molar-refractivity contribution in [2.45, 2.75) is 22.0 Å². The Hall–Kier alpha value is -1.53. The zero-order chi connectivity index (χ0) is 14.2. The van der Waals surface area contributed by atoms with Gasteiger partial charge in [-0.05, 0) is 24.3 Å². The lowest BCUT2D eigenvalue weighted by Gasteiger charge is -2.33. The highest BCUT2D eigenvalue weighted by atomic mass is 32.2. The molecule has 0 saturated carbocycles. The number of anilines is 1. The molecule has 2 aromatic rings. The van der Waals surface area contributed by atoms with E-state index in [1.54, 1.807) is 30.1 Å². The van der Waals surface area contributed by atoms with Gasteiger partial charge in [0.2, 0.25) is 0 Å². The molecule has 1 aromatic carbocycles. The lowest BCUT2D eigenvalue weighted by atomic mass is 10.3. The number of nitrogens with zero attached hydrogens (tertiary/aromatic N) is 2. The van der Waals surface area contributed by atoms with Crippen LogP contribution in [-0.4, -0.2) is 25.2 Å². The van der Waals surface area contributed by atoms with Crippen LogP contribution in [0.2, 0.25) is 0 Å². The summed E-state index contributed by atoms with van der Waals surface area (Å²) in [6.07, 6.45) is 2.96. The van der Waals surface area contributed by atoms with Crippen molar-refractivity contribution in [2.75, 3.05) is 10.8 Å². The average molecular weight is 306 g/mol. The summed E-state index contributed by atoms with van der Waals surface area (Å²) in [5, 5.41) is 0.219. The maximum atomic E-state index is 12.8. The third kappa shape index (κ3) is 2.29. The van der Waals surface area contributed by atoms with E-state index in [4.69, 9.17) is 0 Å². The Kier molecular flexibility index (Phi) is 3.43. The van der Waals surface area contributed by atoms with Crippen LogP contribution < -0.4 is 4.31 Å². The standard InChI is InChI=1S/C14H14N2O2S2/c1-11-10-16(13-6-2-3-7-14(13)19-11)20(17,18)12-5-4-8-15-9-12/h2-9,11H,10H2,1H3/t11-/m1/s1. The van der Waals surface area contributed by atoms with Gasteiger partial charge in [-0.2, -0.15) is 0 Å². The van der Waals surface area contributed by atoms with E-state index < -0.39 is 10.0 Å². The summed E-state index contributed by atoms with van der Waals surface area (Å²) in [6.45, 7) is 2.51. The van der Waals surface area contributed by atoms with E-state index in [0.717, 1.165) is 10.6 Å². The first-order chi connectivity index (χ1) is 9.59. The molecule has 0 amide bonds. The van der Waals surface area contributed by atoms with Gasteiger partial charge in [-0.15, -0.1) is 11.8 Å². The van der Waals surface area contributed by atoms with Gasteiger partial charge < -0.3 is 0 Å². The van der Waals surface area contributed by atoms with Crippen LogP contribution in [0.3, 0.4) is 0 Å². The predicted octanol–water partition coefficient (Wildman–Crippen LogP) is 2.77. The maximum Gasteiger partial charge on any atom is 0.265 e. The van der Waals surface area contributed by atoms with Crippen LogP contribution in [0.15, 0.2) is 58.6 Å². The van der Waals surface area contributed by atoms with Gasteiger partial charge in [-0.25, -0.2) is 8.42 Å². The molecule has 104 valence electrons. The van der Waals surface area contributed by atoms with Crippen molar-refractivity contribution in [3.05, 3.63) is 48.8 Å². The molecule has 0 unspecified atom stereocenters. The fourth-order valence-electron chi connectivity index (χ4n) is 2.20. The third-order valence-corrected chi connectivity index (χ3v) is 6.02. The van der Waals surface area contributed by atoms with Crippen molar-refractivity contribution < 1.29 is 8.42 Å². The SMILES string of the molecule is C[C@@H]1CN(S(=O)(=O)c2cccnc2)c2ccccc2S1. The molecular weight excluding hydrogens is 292 g/mol. The van der Waals surface area contributed by atoms with Crippen molar-refractivity contribution in [2.24, 2.45) is 0 Å². The van der Waals surface area contributed by atoms with Crippen LogP contribution in [0.1, 0.15) is 6.92 Å². The normalized spacial score (nSPS) is 18.6. The number of pyridine rings is 1. The topological polar surface area (TPSA) is 50.3 Å². The van der Waals surface area contributed by atoms with Gasteiger partial charge in [-0.1, -0.05) is 19.1 Å². The molecule has 3 rings (SSSR count). The van der Waals surface area contributed by atoms with E-state index >= 15 is 0 Å². The van der Waals surface area contributed by atoms with Crippen LogP contribution in [0.4, 0.5) is 5.69 Å². The number of rotatable bonds is 2. The zero-order valence-corrected chi connectivity index (χ0v) is 12.6. The highest BCUT2D eigenvalue weighted by Gasteiger charge is 2.32. The number of para-hydroxylation sites is 1. The van der Waals surface area contributed by atoms with E-state index in [0.29, 0.717) is 6.54 Å². The Bertz CT molecular complexity index is 717. The van der Waals surface area contributed by atoms with Crippen LogP contribution in [0, 0.1) is 0 Å². The average Bonchev–Trinajstić information content (AvgIpc) is 2.47. The Morgan fingerprint density at radius 2 is 2.05 bits per heavy atom. The predicted molar refractivity (Wildman–Crippen MR) is 80.5 cm³/mol. The molecule has 0 fully saturated rings. The first-order valence-corrected chi connectivity index (χ1v) is 8.59. The molecule has 1 aliphatic rings. The molecule has 0 bridgehead atoms. The minimum absolute atomic E-state index is 0.219. The number of thioether (sulfide) groups is 1. The molecule has 6 heteroatoms. The van der Waals surface area contributed by atoms with Gasteiger partial charge in [0.1, 0.15) is 4.90 Å². The largest absolute Gasteiger partial charge is 0.265 e. The van der Waals surface area contributed by atoms with Crippen molar-refractivity contribution in [1.82, 2.24) is 4.98 Å². The molecule has 0 radical (unpaired) electrons. The second-order valence-corrected chi connectivity index (χ2v) is 7.96. The maximum absolute atomic E-state index is 12.8. The van der Waals surface area contributed by atoms with Gasteiger partial charge in [0.15, 0.2) is 0 Å². The molecule has 0 N–H and O–H groups in total. The summed E-state index contributed by atoms with van der Waals surface area (Å²) in [5.41, 5.74) is 0.749. The number of benzene rings is 1. The smallest absolute Gasteiger partial charge is 0.264 e. The molecule has 1 aliphatic heterocycles. The van der Waals surface area contributed by atoms with Crippen LogP contribution in [-0.2, 0) is 10.0 Å². The lowest BCUT2D eigenvalue weighted by molar-refractivity contribution is 0.589. The minimum atomic E-state index is -3.55. The Morgan fingerprint density at radius 1 is 1.25 bits per heavy atom. The zero-order valence-electron chi connectivity index (χ0n) is 10.9. The molecule has 4 nitrogen and oxygen atoms in total. The highest BCUT2D eigenvalue weighted by Crippen LogP contribution is 2.40. The number of hydrogen-bond acceptors (Lipinski definition) is 4. The highest BCUT2D eigenvalue weighted by molar-refractivity contribution is 8.00. The van der Waals surface area contributed by atoms with E-state index in [1.165, 1.54) is 10.5 Å². The number of aromatic nitrogens is 1. The molecule has 20 heavy (non-hydrogen) atoms. The summed E-state index contributed by atoms with van der Waals surface area (Å²) in [5.74, 6) is 0. The van der Waals surface area contributed by atoms with E-state index in [2.05, 4.69) is 4.98 Å². The first-order valence-electron chi connectivity index (χ1n) is 6.27. The van der Waals surface area contributed by atoms with Crippen molar-refractivity contribution in [1.29, 1.82) is 0 Å². The van der Waals surface area contributed by atoms with Crippen LogP contribution in [0.25, 0.3) is 0 Å². The summed E-state index contributed by atoms with van der Waals surface area (Å²) < 4.78 is 27.0. The molecule has 1 aromatic heterocycles. The lowest BCUT2D eigenvalue weighted by Crippen LogP contribution is -2.38. The van der Waals surface area contributed by atoms with Gasteiger partial charge in [0.05, 0.1) is 5.69 Å². The monoisotopic (exact) mass is 306 g/mol. The first kappa shape index (κ1) is 13.5. The Balaban J connectivity index is 2.11. The second-order valence-electron chi connectivity index (χ2n) is 4.62. The summed E-state index contributed by atoms with van der Waals surface area (Å²) in [6, 6.07) is 10.8. The van der Waals surface area contributed by atoms with E-state index in [-0.39, 0.29) is 10.1 Å². The van der Waals surface area contributed by atoms with Crippen molar-refractivity contribution >= 4 is 27.5 Å². The summed E-state index contributed by atoms with van der Waals surface area (Å²) in [7, 11) is -3.55. The summed E-state index contributed by atoms with van der Waals surface area (Å²) in [4.78, 5) is 5.14. The van der Waals surface area contributed by atoms with Crippen molar-refractivity contribution in [3.8, 4) is 0 Å². The quantitative estimate of drug-likeness (QED) is 0.856. The fourth-order valence-corrected chi connectivity index (χ4v) is 5.01. The molecule has 0 aliphatic carbocycles. The molecule has 1 atom stereocenters. The van der Waals surface area contributed by atoms with Gasteiger partial charge in [0, 0.05) is 29.1 Å². The van der Waals surface area contributed by atoms with Crippen LogP contribution in [0.5, 0.6) is 0 Å². The summed E-state index contributed by atoms with van der Waals surface area (Å²) >= 11 is 1.71. The molecular formula is C14H14N2O2S2. The van der Waals surface area contributed by atoms with E-state index in [9.17, 15) is 8.42 Å². The van der Waals surface area contributed by atoms with Gasteiger partial charge in [0.25, 0.3) is 10.0 Å². The van der Waals surface area contributed by atoms with Crippen LogP contribution >= 0.6 is 11.8 Å². The third-order valence-electron chi connectivity index (χ3n) is 3.11. The fraction of sp³-hybridized carbons (Fsp3) is 0.214. The van der Waals surface area contributed by atoms with Gasteiger partial charge >= 0.3 is 0 Å². The molecule has 0 spiro atoms.